The minimum atomic E-state index is -4.53. The van der Waals surface area contributed by atoms with Gasteiger partial charge in [0.05, 0.1) is 18.2 Å². The van der Waals surface area contributed by atoms with Gasteiger partial charge in [0.15, 0.2) is 0 Å². The Balaban J connectivity index is 2.11. The molecular formula is C17H13F3N2O2. The summed E-state index contributed by atoms with van der Waals surface area (Å²) in [5.74, 6) is 0.454. The van der Waals surface area contributed by atoms with Gasteiger partial charge in [-0.15, -0.1) is 0 Å². The van der Waals surface area contributed by atoms with Crippen LogP contribution in [0.15, 0.2) is 48.5 Å². The molecule has 0 unspecified atom stereocenters. The molecule has 2 N–H and O–H groups in total. The Hall–Kier alpha value is -2.96. The molecule has 1 aromatic heterocycles. The number of pyridine rings is 1. The zero-order valence-corrected chi connectivity index (χ0v) is 12.6. The van der Waals surface area contributed by atoms with Crippen molar-refractivity contribution in [2.75, 3.05) is 12.4 Å². The molecule has 0 saturated carbocycles. The van der Waals surface area contributed by atoms with Gasteiger partial charge in [0.25, 0.3) is 0 Å². The maximum absolute atomic E-state index is 13.4. The van der Waals surface area contributed by atoms with Crippen LogP contribution in [-0.2, 0) is 6.18 Å². The Kier molecular flexibility index (Phi) is 3.92. The lowest BCUT2D eigenvalue weighted by Gasteiger charge is -2.14. The van der Waals surface area contributed by atoms with Gasteiger partial charge >= 0.3 is 6.18 Å². The molecule has 0 saturated heterocycles. The molecule has 0 bridgehead atoms. The number of halogens is 3. The molecule has 124 valence electrons. The van der Waals surface area contributed by atoms with Crippen LogP contribution in [0.4, 0.5) is 24.7 Å². The SMILES string of the molecule is COc1ccc2nc(Nc3ccc(O)cc3)cc(C(F)(F)F)c2c1. The maximum atomic E-state index is 13.4. The highest BCUT2D eigenvalue weighted by atomic mass is 19.4. The van der Waals surface area contributed by atoms with Crippen molar-refractivity contribution in [3.05, 3.63) is 54.1 Å². The third kappa shape index (κ3) is 3.19. The number of benzene rings is 2. The molecule has 0 atom stereocenters. The fraction of sp³-hybridized carbons (Fsp3) is 0.118. The average Bonchev–Trinajstić information content (AvgIpc) is 2.55. The Morgan fingerprint density at radius 2 is 1.75 bits per heavy atom. The van der Waals surface area contributed by atoms with Crippen molar-refractivity contribution in [3.8, 4) is 11.5 Å². The predicted molar refractivity (Wildman–Crippen MR) is 84.7 cm³/mol. The van der Waals surface area contributed by atoms with Gasteiger partial charge in [0, 0.05) is 11.1 Å². The fourth-order valence-corrected chi connectivity index (χ4v) is 2.32. The molecule has 0 amide bonds. The molecule has 3 rings (SSSR count). The minimum Gasteiger partial charge on any atom is -0.508 e. The van der Waals surface area contributed by atoms with E-state index in [4.69, 9.17) is 4.74 Å². The molecule has 24 heavy (non-hydrogen) atoms. The number of aromatic nitrogens is 1. The summed E-state index contributed by atoms with van der Waals surface area (Å²) < 4.78 is 45.2. The van der Waals surface area contributed by atoms with Gasteiger partial charge in [-0.25, -0.2) is 4.98 Å². The molecule has 0 aliphatic carbocycles. The quantitative estimate of drug-likeness (QED) is 0.681. The highest BCUT2D eigenvalue weighted by molar-refractivity contribution is 5.86. The number of hydrogen-bond acceptors (Lipinski definition) is 4. The van der Waals surface area contributed by atoms with Crippen molar-refractivity contribution in [2.45, 2.75) is 6.18 Å². The van der Waals surface area contributed by atoms with Crippen LogP contribution in [0.3, 0.4) is 0 Å². The van der Waals surface area contributed by atoms with Crippen molar-refractivity contribution in [3.63, 3.8) is 0 Å². The van der Waals surface area contributed by atoms with Crippen molar-refractivity contribution >= 4 is 22.4 Å². The third-order valence-electron chi connectivity index (χ3n) is 3.46. The minimum absolute atomic E-state index is 0.0295. The first-order valence-electron chi connectivity index (χ1n) is 6.99. The van der Waals surface area contributed by atoms with E-state index in [0.717, 1.165) is 6.07 Å². The van der Waals surface area contributed by atoms with Gasteiger partial charge in [-0.2, -0.15) is 13.2 Å². The molecular weight excluding hydrogens is 321 g/mol. The number of nitrogens with zero attached hydrogens (tertiary/aromatic N) is 1. The lowest BCUT2D eigenvalue weighted by molar-refractivity contribution is -0.136. The summed E-state index contributed by atoms with van der Waals surface area (Å²) in [6.45, 7) is 0. The van der Waals surface area contributed by atoms with E-state index in [2.05, 4.69) is 10.3 Å². The van der Waals surface area contributed by atoms with E-state index in [1.54, 1.807) is 18.2 Å². The lowest BCUT2D eigenvalue weighted by atomic mass is 10.1. The summed E-state index contributed by atoms with van der Waals surface area (Å²) in [6.07, 6.45) is -4.53. The number of hydrogen-bond donors (Lipinski definition) is 2. The highest BCUT2D eigenvalue weighted by Crippen LogP contribution is 2.37. The van der Waals surface area contributed by atoms with Crippen LogP contribution in [0.1, 0.15) is 5.56 Å². The monoisotopic (exact) mass is 334 g/mol. The highest BCUT2D eigenvalue weighted by Gasteiger charge is 2.33. The second-order valence-electron chi connectivity index (χ2n) is 5.11. The predicted octanol–water partition coefficient (Wildman–Crippen LogP) is 4.71. The van der Waals surface area contributed by atoms with Crippen LogP contribution in [0.2, 0.25) is 0 Å². The smallest absolute Gasteiger partial charge is 0.417 e. The Morgan fingerprint density at radius 3 is 2.38 bits per heavy atom. The summed E-state index contributed by atoms with van der Waals surface area (Å²) in [6, 6.07) is 11.2. The number of phenols is 1. The molecule has 7 heteroatoms. The molecule has 1 heterocycles. The second-order valence-corrected chi connectivity index (χ2v) is 5.11. The van der Waals surface area contributed by atoms with Crippen molar-refractivity contribution in [1.82, 2.24) is 4.98 Å². The van der Waals surface area contributed by atoms with E-state index >= 15 is 0 Å². The van der Waals surface area contributed by atoms with E-state index in [1.165, 1.54) is 31.4 Å². The fourth-order valence-electron chi connectivity index (χ4n) is 2.32. The molecule has 0 aliphatic heterocycles. The topological polar surface area (TPSA) is 54.4 Å². The van der Waals surface area contributed by atoms with Crippen molar-refractivity contribution in [2.24, 2.45) is 0 Å². The number of alkyl halides is 3. The normalized spacial score (nSPS) is 11.5. The standard InChI is InChI=1S/C17H13F3N2O2/c1-24-12-6-7-15-13(8-12)14(17(18,19)20)9-16(22-15)21-10-2-4-11(23)5-3-10/h2-9,23H,1H3,(H,21,22). The number of anilines is 2. The largest absolute Gasteiger partial charge is 0.508 e. The number of methoxy groups -OCH3 is 1. The first kappa shape index (κ1) is 15.9. The molecule has 2 aromatic carbocycles. The first-order valence-corrected chi connectivity index (χ1v) is 6.99. The second kappa shape index (κ2) is 5.92. The van der Waals surface area contributed by atoms with Crippen LogP contribution in [0.25, 0.3) is 10.9 Å². The average molecular weight is 334 g/mol. The van der Waals surface area contributed by atoms with E-state index in [9.17, 15) is 18.3 Å². The van der Waals surface area contributed by atoms with E-state index < -0.39 is 11.7 Å². The zero-order chi connectivity index (χ0) is 17.3. The maximum Gasteiger partial charge on any atom is 0.417 e. The number of ether oxygens (including phenoxy) is 1. The number of nitrogens with one attached hydrogen (secondary N) is 1. The Bertz CT molecular complexity index is 877. The lowest BCUT2D eigenvalue weighted by Crippen LogP contribution is -2.08. The zero-order valence-electron chi connectivity index (χ0n) is 12.6. The van der Waals surface area contributed by atoms with Gasteiger partial charge in [0.1, 0.15) is 17.3 Å². The van der Waals surface area contributed by atoms with E-state index in [-0.39, 0.29) is 22.5 Å². The molecule has 3 aromatic rings. The first-order chi connectivity index (χ1) is 11.4. The summed E-state index contributed by atoms with van der Waals surface area (Å²) in [5, 5.41) is 12.0. The van der Waals surface area contributed by atoms with Crippen LogP contribution < -0.4 is 10.1 Å². The van der Waals surface area contributed by atoms with Crippen molar-refractivity contribution in [1.29, 1.82) is 0 Å². The van der Waals surface area contributed by atoms with Gasteiger partial charge in [-0.05, 0) is 48.5 Å². The molecule has 0 radical (unpaired) electrons. The van der Waals surface area contributed by atoms with Crippen LogP contribution in [-0.4, -0.2) is 17.2 Å². The summed E-state index contributed by atoms with van der Waals surface area (Å²) in [4.78, 5) is 4.21. The van der Waals surface area contributed by atoms with E-state index in [0.29, 0.717) is 11.4 Å². The van der Waals surface area contributed by atoms with Gasteiger partial charge in [-0.1, -0.05) is 0 Å². The van der Waals surface area contributed by atoms with Crippen molar-refractivity contribution < 1.29 is 23.0 Å². The van der Waals surface area contributed by atoms with Crippen LogP contribution >= 0.6 is 0 Å². The number of fused-ring (bicyclic) bond motifs is 1. The van der Waals surface area contributed by atoms with Gasteiger partial charge in [0.2, 0.25) is 0 Å². The van der Waals surface area contributed by atoms with E-state index in [1.807, 2.05) is 0 Å². The van der Waals surface area contributed by atoms with Gasteiger partial charge < -0.3 is 15.2 Å². The molecule has 0 aliphatic rings. The molecule has 0 fully saturated rings. The Labute approximate surface area is 135 Å². The van der Waals surface area contributed by atoms with Crippen LogP contribution in [0, 0.1) is 0 Å². The summed E-state index contributed by atoms with van der Waals surface area (Å²) >= 11 is 0. The third-order valence-corrected chi connectivity index (χ3v) is 3.46. The van der Waals surface area contributed by atoms with Crippen LogP contribution in [0.5, 0.6) is 11.5 Å². The number of aromatic hydroxyl groups is 1. The number of phenolic OH excluding ortho intramolecular Hbond substituents is 1. The Morgan fingerprint density at radius 1 is 1.04 bits per heavy atom. The summed E-state index contributed by atoms with van der Waals surface area (Å²) in [7, 11) is 1.39. The molecule has 4 nitrogen and oxygen atoms in total. The van der Waals surface area contributed by atoms with Gasteiger partial charge in [-0.3, -0.25) is 0 Å². The number of rotatable bonds is 3. The summed E-state index contributed by atoms with van der Waals surface area (Å²) in [5.41, 5.74) is -0.0825. The molecule has 0 spiro atoms.